The van der Waals surface area contributed by atoms with Gasteiger partial charge in [-0.15, -0.1) is 0 Å². The van der Waals surface area contributed by atoms with Gasteiger partial charge in [-0.1, -0.05) is 97.1 Å². The van der Waals surface area contributed by atoms with Crippen LogP contribution >= 0.6 is 0 Å². The SMILES string of the molecule is C1=CCCC(Nc2ccc(-c3ccccc3-c3cc4ccccc4c4ccccc34)cc2)=C1. The standard InChI is InChI=1S/C32H25N/c1-2-11-25(12-3-1)33-26-20-18-23(19-21-26)27-13-6-7-16-30(27)32-22-24-10-4-5-14-28(24)29-15-8-9-17-31(29)32/h1-2,4-11,13-22,33H,3,12H2. The van der Waals surface area contributed by atoms with Crippen molar-refractivity contribution in [3.8, 4) is 22.3 Å². The van der Waals surface area contributed by atoms with Crippen LogP contribution < -0.4 is 5.32 Å². The minimum absolute atomic E-state index is 1.07. The molecule has 0 heterocycles. The third-order valence-corrected chi connectivity index (χ3v) is 6.50. The number of hydrogen-bond donors (Lipinski definition) is 1. The second-order valence-electron chi connectivity index (χ2n) is 8.60. The second kappa shape index (κ2) is 8.44. The van der Waals surface area contributed by atoms with Crippen LogP contribution in [0.25, 0.3) is 43.8 Å². The predicted octanol–water partition coefficient (Wildman–Crippen LogP) is 8.97. The number of fused-ring (bicyclic) bond motifs is 3. The highest BCUT2D eigenvalue weighted by atomic mass is 14.9. The van der Waals surface area contributed by atoms with Crippen LogP contribution in [0.4, 0.5) is 5.69 Å². The third-order valence-electron chi connectivity index (χ3n) is 6.50. The van der Waals surface area contributed by atoms with E-state index in [-0.39, 0.29) is 0 Å². The van der Waals surface area contributed by atoms with Gasteiger partial charge in [0.25, 0.3) is 0 Å². The molecule has 6 rings (SSSR count). The molecule has 1 N–H and O–H groups in total. The van der Waals surface area contributed by atoms with Gasteiger partial charge in [-0.05, 0) is 80.9 Å². The molecule has 1 nitrogen and oxygen atoms in total. The number of anilines is 1. The lowest BCUT2D eigenvalue weighted by Crippen LogP contribution is -2.00. The Morgan fingerprint density at radius 2 is 1.27 bits per heavy atom. The Labute approximate surface area is 194 Å². The van der Waals surface area contributed by atoms with Gasteiger partial charge in [-0.25, -0.2) is 0 Å². The molecule has 5 aromatic rings. The lowest BCUT2D eigenvalue weighted by atomic mass is 9.89. The van der Waals surface area contributed by atoms with Crippen LogP contribution in [-0.4, -0.2) is 0 Å². The molecule has 0 amide bonds. The van der Waals surface area contributed by atoms with E-state index >= 15 is 0 Å². The third kappa shape index (κ3) is 3.72. The first-order valence-electron chi connectivity index (χ1n) is 11.6. The van der Waals surface area contributed by atoms with Crippen molar-refractivity contribution in [3.05, 3.63) is 127 Å². The van der Waals surface area contributed by atoms with E-state index in [0.29, 0.717) is 0 Å². The first-order valence-corrected chi connectivity index (χ1v) is 11.6. The van der Waals surface area contributed by atoms with Crippen molar-refractivity contribution in [2.24, 2.45) is 0 Å². The van der Waals surface area contributed by atoms with Gasteiger partial charge in [0.2, 0.25) is 0 Å². The Balaban J connectivity index is 1.46. The molecule has 1 aliphatic carbocycles. The molecule has 5 aromatic carbocycles. The topological polar surface area (TPSA) is 12.0 Å². The fraction of sp³-hybridized carbons (Fsp3) is 0.0625. The van der Waals surface area contributed by atoms with Crippen LogP contribution in [0.1, 0.15) is 12.8 Å². The van der Waals surface area contributed by atoms with Crippen molar-refractivity contribution >= 4 is 27.2 Å². The van der Waals surface area contributed by atoms with Crippen LogP contribution in [0.15, 0.2) is 127 Å². The fourth-order valence-corrected chi connectivity index (χ4v) is 4.87. The monoisotopic (exact) mass is 423 g/mol. The van der Waals surface area contributed by atoms with Gasteiger partial charge in [0.05, 0.1) is 0 Å². The van der Waals surface area contributed by atoms with E-state index in [1.54, 1.807) is 0 Å². The van der Waals surface area contributed by atoms with Gasteiger partial charge in [0, 0.05) is 11.4 Å². The van der Waals surface area contributed by atoms with Gasteiger partial charge >= 0.3 is 0 Å². The first-order chi connectivity index (χ1) is 16.4. The van der Waals surface area contributed by atoms with Crippen molar-refractivity contribution in [1.82, 2.24) is 0 Å². The van der Waals surface area contributed by atoms with E-state index in [1.807, 2.05) is 0 Å². The summed E-state index contributed by atoms with van der Waals surface area (Å²) in [6.07, 6.45) is 8.67. The summed E-state index contributed by atoms with van der Waals surface area (Å²) >= 11 is 0. The summed E-state index contributed by atoms with van der Waals surface area (Å²) in [6.45, 7) is 0. The number of benzene rings is 5. The summed E-state index contributed by atoms with van der Waals surface area (Å²) in [5, 5.41) is 8.73. The zero-order chi connectivity index (χ0) is 22.0. The highest BCUT2D eigenvalue weighted by Crippen LogP contribution is 2.39. The molecule has 0 aliphatic heterocycles. The Morgan fingerprint density at radius 1 is 0.576 bits per heavy atom. The summed E-state index contributed by atoms with van der Waals surface area (Å²) < 4.78 is 0. The Kier molecular flexibility index (Phi) is 5.01. The molecule has 0 bridgehead atoms. The maximum absolute atomic E-state index is 3.56. The lowest BCUT2D eigenvalue weighted by molar-refractivity contribution is 0.967. The number of nitrogens with one attached hydrogen (secondary N) is 1. The fourth-order valence-electron chi connectivity index (χ4n) is 4.87. The smallest absolute Gasteiger partial charge is 0.0382 e. The lowest BCUT2D eigenvalue weighted by Gasteiger charge is -2.16. The Hall–Kier alpha value is -4.10. The van der Waals surface area contributed by atoms with Crippen LogP contribution in [0.5, 0.6) is 0 Å². The summed E-state index contributed by atoms with van der Waals surface area (Å²) in [5.74, 6) is 0. The molecule has 0 aromatic heterocycles. The van der Waals surface area contributed by atoms with E-state index in [2.05, 4.69) is 127 Å². The van der Waals surface area contributed by atoms with E-state index in [1.165, 1.54) is 49.5 Å². The van der Waals surface area contributed by atoms with Crippen molar-refractivity contribution < 1.29 is 0 Å². The normalized spacial score (nSPS) is 13.3. The average molecular weight is 424 g/mol. The summed E-state index contributed by atoms with van der Waals surface area (Å²) in [4.78, 5) is 0. The molecule has 0 atom stereocenters. The van der Waals surface area contributed by atoms with Gasteiger partial charge in [-0.2, -0.15) is 0 Å². The van der Waals surface area contributed by atoms with E-state index in [9.17, 15) is 0 Å². The molecule has 0 fully saturated rings. The predicted molar refractivity (Wildman–Crippen MR) is 142 cm³/mol. The van der Waals surface area contributed by atoms with Crippen LogP contribution in [-0.2, 0) is 0 Å². The molecule has 0 radical (unpaired) electrons. The molecule has 0 saturated heterocycles. The largest absolute Gasteiger partial charge is 0.359 e. The molecule has 1 heteroatoms. The molecule has 0 spiro atoms. The van der Waals surface area contributed by atoms with E-state index in [0.717, 1.165) is 18.5 Å². The first kappa shape index (κ1) is 19.6. The van der Waals surface area contributed by atoms with Gasteiger partial charge < -0.3 is 5.32 Å². The molecule has 158 valence electrons. The highest BCUT2D eigenvalue weighted by molar-refractivity contribution is 6.14. The second-order valence-corrected chi connectivity index (χ2v) is 8.60. The molecular formula is C32H25N. The maximum atomic E-state index is 3.56. The van der Waals surface area contributed by atoms with Crippen LogP contribution in [0.2, 0.25) is 0 Å². The Bertz CT molecular complexity index is 1520. The van der Waals surface area contributed by atoms with E-state index in [4.69, 9.17) is 0 Å². The van der Waals surface area contributed by atoms with Gasteiger partial charge in [0.15, 0.2) is 0 Å². The summed E-state index contributed by atoms with van der Waals surface area (Å²) in [5.41, 5.74) is 7.43. The molecule has 0 saturated carbocycles. The Morgan fingerprint density at radius 3 is 2.06 bits per heavy atom. The number of hydrogen-bond acceptors (Lipinski definition) is 1. The van der Waals surface area contributed by atoms with Crippen LogP contribution in [0.3, 0.4) is 0 Å². The van der Waals surface area contributed by atoms with Crippen molar-refractivity contribution in [3.63, 3.8) is 0 Å². The van der Waals surface area contributed by atoms with Crippen molar-refractivity contribution in [1.29, 1.82) is 0 Å². The minimum Gasteiger partial charge on any atom is -0.359 e. The van der Waals surface area contributed by atoms with Gasteiger partial charge in [-0.3, -0.25) is 0 Å². The minimum atomic E-state index is 1.07. The zero-order valence-corrected chi connectivity index (χ0v) is 18.5. The van der Waals surface area contributed by atoms with Crippen molar-refractivity contribution in [2.45, 2.75) is 12.8 Å². The molecule has 1 aliphatic rings. The van der Waals surface area contributed by atoms with Crippen LogP contribution in [0, 0.1) is 0 Å². The quantitative estimate of drug-likeness (QED) is 0.284. The summed E-state index contributed by atoms with van der Waals surface area (Å²) in [7, 11) is 0. The van der Waals surface area contributed by atoms with Gasteiger partial charge in [0.1, 0.15) is 0 Å². The number of allylic oxidation sites excluding steroid dienone is 4. The molecular weight excluding hydrogens is 398 g/mol. The van der Waals surface area contributed by atoms with Crippen molar-refractivity contribution in [2.75, 3.05) is 5.32 Å². The average Bonchev–Trinajstić information content (AvgIpc) is 2.89. The number of rotatable bonds is 4. The van der Waals surface area contributed by atoms with E-state index < -0.39 is 0 Å². The zero-order valence-electron chi connectivity index (χ0n) is 18.5. The highest BCUT2D eigenvalue weighted by Gasteiger charge is 2.12. The molecule has 0 unspecified atom stereocenters. The summed E-state index contributed by atoms with van der Waals surface area (Å²) in [6, 6.07) is 37.3. The maximum Gasteiger partial charge on any atom is 0.0382 e. The molecule has 33 heavy (non-hydrogen) atoms.